The Kier molecular flexibility index (Phi) is 6.91. The molecule has 1 saturated carbocycles. The average molecular weight is 392 g/mol. The zero-order valence-corrected chi connectivity index (χ0v) is 17.2. The van der Waals surface area contributed by atoms with Gasteiger partial charge in [-0.25, -0.2) is 9.59 Å². The number of esters is 1. The number of hydrogen-bond donors (Lipinski definition) is 2. The summed E-state index contributed by atoms with van der Waals surface area (Å²) in [7, 11) is 1.33. The number of fused-ring (bicyclic) bond motifs is 2. The zero-order chi connectivity index (χ0) is 20.9. The van der Waals surface area contributed by atoms with E-state index in [0.29, 0.717) is 19.3 Å². The number of methoxy groups -OCH3 is 1. The Hall–Kier alpha value is -2.31. The molecule has 0 unspecified atom stereocenters. The van der Waals surface area contributed by atoms with Crippen LogP contribution in [0, 0.1) is 11.8 Å². The van der Waals surface area contributed by atoms with Crippen molar-refractivity contribution in [3.05, 3.63) is 24.8 Å². The zero-order valence-electron chi connectivity index (χ0n) is 17.2. The molecule has 0 aromatic heterocycles. The van der Waals surface area contributed by atoms with Crippen molar-refractivity contribution in [2.24, 2.45) is 11.8 Å². The normalized spacial score (nSPS) is 26.4. The predicted octanol–water partition coefficient (Wildman–Crippen LogP) is 2.86. The molecule has 0 aliphatic heterocycles. The van der Waals surface area contributed by atoms with Crippen LogP contribution in [-0.2, 0) is 19.1 Å². The Morgan fingerprint density at radius 1 is 1.32 bits per heavy atom. The van der Waals surface area contributed by atoms with Gasteiger partial charge in [0.25, 0.3) is 0 Å². The van der Waals surface area contributed by atoms with Gasteiger partial charge >= 0.3 is 12.1 Å². The summed E-state index contributed by atoms with van der Waals surface area (Å²) >= 11 is 0. The molecule has 2 rings (SSSR count). The topological polar surface area (TPSA) is 93.7 Å². The first kappa shape index (κ1) is 22.0. The van der Waals surface area contributed by atoms with Gasteiger partial charge in [0.15, 0.2) is 0 Å². The lowest BCUT2D eigenvalue weighted by Crippen LogP contribution is -2.61. The smallest absolute Gasteiger partial charge is 0.408 e. The Balaban J connectivity index is 2.13. The van der Waals surface area contributed by atoms with Gasteiger partial charge in [-0.2, -0.15) is 0 Å². The molecule has 0 radical (unpaired) electrons. The Labute approximate surface area is 166 Å². The van der Waals surface area contributed by atoms with Crippen molar-refractivity contribution in [3.8, 4) is 0 Å². The lowest BCUT2D eigenvalue weighted by Gasteiger charge is -2.35. The maximum absolute atomic E-state index is 13.1. The van der Waals surface area contributed by atoms with Gasteiger partial charge in [0.1, 0.15) is 17.2 Å². The number of ether oxygens (including phenoxy) is 2. The van der Waals surface area contributed by atoms with Crippen molar-refractivity contribution in [1.82, 2.24) is 10.6 Å². The fraction of sp³-hybridized carbons (Fsp3) is 0.667. The van der Waals surface area contributed by atoms with Gasteiger partial charge in [-0.05, 0) is 58.8 Å². The molecule has 2 aliphatic rings. The van der Waals surface area contributed by atoms with Gasteiger partial charge in [-0.1, -0.05) is 18.2 Å². The van der Waals surface area contributed by atoms with Crippen LogP contribution in [0.25, 0.3) is 0 Å². The Morgan fingerprint density at radius 2 is 2.04 bits per heavy atom. The summed E-state index contributed by atoms with van der Waals surface area (Å²) < 4.78 is 10.3. The molecular weight excluding hydrogens is 360 g/mol. The van der Waals surface area contributed by atoms with E-state index >= 15 is 0 Å². The number of carbonyl (C=O) groups excluding carboxylic acids is 3. The summed E-state index contributed by atoms with van der Waals surface area (Å²) in [5, 5.41) is 5.56. The molecule has 28 heavy (non-hydrogen) atoms. The minimum absolute atomic E-state index is 0.0933. The van der Waals surface area contributed by atoms with Crippen LogP contribution in [0.2, 0.25) is 0 Å². The summed E-state index contributed by atoms with van der Waals surface area (Å²) in [5.41, 5.74) is -1.74. The van der Waals surface area contributed by atoms with E-state index in [4.69, 9.17) is 9.47 Å². The van der Waals surface area contributed by atoms with Crippen LogP contribution >= 0.6 is 0 Å². The van der Waals surface area contributed by atoms with Gasteiger partial charge < -0.3 is 20.1 Å². The third kappa shape index (κ3) is 5.14. The highest BCUT2D eigenvalue weighted by Gasteiger charge is 2.55. The van der Waals surface area contributed by atoms with Gasteiger partial charge in [-0.15, -0.1) is 6.58 Å². The van der Waals surface area contributed by atoms with E-state index in [1.807, 2.05) is 6.08 Å². The van der Waals surface area contributed by atoms with E-state index in [2.05, 4.69) is 23.3 Å². The first-order valence-corrected chi connectivity index (χ1v) is 9.80. The standard InChI is InChI=1S/C21H32N2O5/c1-6-7-8-9-16(22-19(26)28-20(2,3)4)17(24)23-21(18(25)27-5)13-14-10-11-15(21)12-14/h6,10-11,14-16H,1,7-9,12-13H2,2-5H3,(H,22,26)(H,23,24)/t14-,15+,16+,21-/m0/s1. The van der Waals surface area contributed by atoms with Crippen molar-refractivity contribution < 1.29 is 23.9 Å². The van der Waals surface area contributed by atoms with Crippen molar-refractivity contribution in [3.63, 3.8) is 0 Å². The SMILES string of the molecule is C=CCCC[C@@H](NC(=O)OC(C)(C)C)C(=O)N[C@@]1(C(=O)OC)C[C@H]2C=C[C@@H]1C2. The number of nitrogens with one attached hydrogen (secondary N) is 2. The number of carbonyl (C=O) groups is 3. The number of unbranched alkanes of at least 4 members (excludes halogenated alkanes) is 1. The number of amides is 2. The van der Waals surface area contributed by atoms with E-state index in [-0.39, 0.29) is 11.8 Å². The van der Waals surface area contributed by atoms with Crippen LogP contribution in [0.4, 0.5) is 4.79 Å². The number of alkyl carbamates (subject to hydrolysis) is 1. The van der Waals surface area contributed by atoms with Gasteiger partial charge in [-0.3, -0.25) is 4.79 Å². The van der Waals surface area contributed by atoms with Crippen LogP contribution in [0.3, 0.4) is 0 Å². The molecule has 4 atom stereocenters. The predicted molar refractivity (Wildman–Crippen MR) is 105 cm³/mol. The molecule has 156 valence electrons. The van der Waals surface area contributed by atoms with Crippen LogP contribution in [0.1, 0.15) is 52.9 Å². The molecule has 0 spiro atoms. The fourth-order valence-corrected chi connectivity index (χ4v) is 3.96. The Morgan fingerprint density at radius 3 is 2.54 bits per heavy atom. The molecule has 0 aromatic rings. The summed E-state index contributed by atoms with van der Waals surface area (Å²) in [6.07, 6.45) is 8.29. The molecule has 0 saturated heterocycles. The number of rotatable bonds is 8. The van der Waals surface area contributed by atoms with E-state index in [1.165, 1.54) is 7.11 Å². The molecule has 7 nitrogen and oxygen atoms in total. The van der Waals surface area contributed by atoms with Crippen LogP contribution < -0.4 is 10.6 Å². The maximum Gasteiger partial charge on any atom is 0.408 e. The highest BCUT2D eigenvalue weighted by Crippen LogP contribution is 2.47. The molecule has 7 heteroatoms. The second-order valence-corrected chi connectivity index (χ2v) is 8.56. The molecular formula is C21H32N2O5. The Bertz CT molecular complexity index is 652. The second-order valence-electron chi connectivity index (χ2n) is 8.56. The summed E-state index contributed by atoms with van der Waals surface area (Å²) in [4.78, 5) is 37.8. The van der Waals surface area contributed by atoms with Gasteiger partial charge in [0.2, 0.25) is 5.91 Å². The third-order valence-electron chi connectivity index (χ3n) is 5.19. The minimum atomic E-state index is -1.07. The first-order chi connectivity index (χ1) is 13.1. The quantitative estimate of drug-likeness (QED) is 0.376. The van der Waals surface area contributed by atoms with Crippen LogP contribution in [-0.4, -0.2) is 42.3 Å². The highest BCUT2D eigenvalue weighted by molar-refractivity contribution is 5.92. The van der Waals surface area contributed by atoms with E-state index in [9.17, 15) is 14.4 Å². The largest absolute Gasteiger partial charge is 0.467 e. The second kappa shape index (κ2) is 8.80. The molecule has 0 aromatic carbocycles. The number of allylic oxidation sites excluding steroid dienone is 2. The summed E-state index contributed by atoms with van der Waals surface area (Å²) in [6.45, 7) is 8.96. The fourth-order valence-electron chi connectivity index (χ4n) is 3.96. The average Bonchev–Trinajstić information content (AvgIpc) is 3.20. The van der Waals surface area contributed by atoms with Crippen molar-refractivity contribution in [1.29, 1.82) is 0 Å². The number of hydrogen-bond acceptors (Lipinski definition) is 5. The lowest BCUT2D eigenvalue weighted by atomic mass is 9.84. The van der Waals surface area contributed by atoms with Crippen molar-refractivity contribution in [2.45, 2.75) is 70.1 Å². The summed E-state index contributed by atoms with van der Waals surface area (Å²) in [6, 6.07) is -0.806. The molecule has 2 amide bonds. The molecule has 2 aliphatic carbocycles. The third-order valence-corrected chi connectivity index (χ3v) is 5.19. The molecule has 2 bridgehead atoms. The first-order valence-electron chi connectivity index (χ1n) is 9.80. The van der Waals surface area contributed by atoms with E-state index in [1.54, 1.807) is 26.8 Å². The van der Waals surface area contributed by atoms with Crippen LogP contribution in [0.15, 0.2) is 24.8 Å². The van der Waals surface area contributed by atoms with Crippen LogP contribution in [0.5, 0.6) is 0 Å². The highest BCUT2D eigenvalue weighted by atomic mass is 16.6. The monoisotopic (exact) mass is 392 g/mol. The van der Waals surface area contributed by atoms with Gasteiger partial charge in [0, 0.05) is 5.92 Å². The molecule has 0 heterocycles. The molecule has 2 N–H and O–H groups in total. The molecule has 1 fully saturated rings. The summed E-state index contributed by atoms with van der Waals surface area (Å²) in [5.74, 6) is -0.687. The maximum atomic E-state index is 13.1. The van der Waals surface area contributed by atoms with Gasteiger partial charge in [0.05, 0.1) is 7.11 Å². The van der Waals surface area contributed by atoms with Crippen molar-refractivity contribution in [2.75, 3.05) is 7.11 Å². The van der Waals surface area contributed by atoms with E-state index < -0.39 is 35.2 Å². The van der Waals surface area contributed by atoms with E-state index in [0.717, 1.165) is 12.8 Å². The lowest BCUT2D eigenvalue weighted by molar-refractivity contribution is -0.152. The minimum Gasteiger partial charge on any atom is -0.467 e. The van der Waals surface area contributed by atoms with Crippen molar-refractivity contribution >= 4 is 18.0 Å².